The summed E-state index contributed by atoms with van der Waals surface area (Å²) in [7, 11) is -3.55. The number of benzene rings is 1. The Morgan fingerprint density at radius 2 is 1.76 bits per heavy atom. The predicted octanol–water partition coefficient (Wildman–Crippen LogP) is 3.26. The Morgan fingerprint density at radius 3 is 2.38 bits per heavy atom. The molecule has 4 nitrogen and oxygen atoms in total. The molecule has 1 aliphatic rings. The van der Waals surface area contributed by atoms with E-state index in [2.05, 4.69) is 4.72 Å². The van der Waals surface area contributed by atoms with Crippen LogP contribution in [0.15, 0.2) is 23.1 Å². The van der Waals surface area contributed by atoms with Gasteiger partial charge in [0.05, 0.1) is 16.5 Å². The molecule has 0 amide bonds. The van der Waals surface area contributed by atoms with Crippen LogP contribution in [0, 0.1) is 18.3 Å². The zero-order valence-corrected chi connectivity index (χ0v) is 13.2. The molecule has 0 spiro atoms. The van der Waals surface area contributed by atoms with Gasteiger partial charge in [0.1, 0.15) is 0 Å². The number of hydrogen-bond donors (Lipinski definition) is 1. The predicted molar refractivity (Wildman–Crippen MR) is 82.3 cm³/mol. The third-order valence-corrected chi connectivity index (χ3v) is 5.70. The molecule has 1 aromatic carbocycles. The van der Waals surface area contributed by atoms with Crippen LogP contribution in [0.2, 0.25) is 0 Å². The summed E-state index contributed by atoms with van der Waals surface area (Å²) in [5, 5.41) is 8.94. The minimum absolute atomic E-state index is 0.0143. The number of aryl methyl sites for hydroxylation is 1. The van der Waals surface area contributed by atoms with Crippen LogP contribution in [-0.2, 0) is 10.0 Å². The fourth-order valence-electron chi connectivity index (χ4n) is 2.82. The van der Waals surface area contributed by atoms with Gasteiger partial charge in [-0.05, 0) is 37.5 Å². The molecule has 1 aliphatic carbocycles. The number of hydrogen-bond acceptors (Lipinski definition) is 3. The van der Waals surface area contributed by atoms with E-state index in [1.807, 2.05) is 6.07 Å². The highest BCUT2D eigenvalue weighted by Crippen LogP contribution is 2.21. The van der Waals surface area contributed by atoms with E-state index in [9.17, 15) is 8.42 Å². The van der Waals surface area contributed by atoms with Crippen molar-refractivity contribution in [3.8, 4) is 6.07 Å². The smallest absolute Gasteiger partial charge is 0.208 e. The van der Waals surface area contributed by atoms with Gasteiger partial charge in [-0.1, -0.05) is 38.2 Å². The average molecular weight is 306 g/mol. The van der Waals surface area contributed by atoms with Gasteiger partial charge in [0.15, 0.2) is 0 Å². The van der Waals surface area contributed by atoms with Gasteiger partial charge in [-0.15, -0.1) is 0 Å². The van der Waals surface area contributed by atoms with Gasteiger partial charge in [0, 0.05) is 6.04 Å². The number of sulfonamides is 1. The van der Waals surface area contributed by atoms with Crippen molar-refractivity contribution in [3.05, 3.63) is 29.3 Å². The molecule has 114 valence electrons. The molecule has 0 radical (unpaired) electrons. The maximum Gasteiger partial charge on any atom is 0.241 e. The summed E-state index contributed by atoms with van der Waals surface area (Å²) in [6.07, 6.45) is 7.56. The first-order chi connectivity index (χ1) is 10.0. The molecule has 0 aliphatic heterocycles. The lowest BCUT2D eigenvalue weighted by molar-refractivity contribution is 0.426. The van der Waals surface area contributed by atoms with E-state index in [1.165, 1.54) is 25.3 Å². The summed E-state index contributed by atoms with van der Waals surface area (Å²) in [4.78, 5) is 0.226. The first-order valence-electron chi connectivity index (χ1n) is 7.56. The molecule has 0 unspecified atom stereocenters. The molecular weight excluding hydrogens is 284 g/mol. The van der Waals surface area contributed by atoms with Crippen molar-refractivity contribution in [2.75, 3.05) is 0 Å². The Morgan fingerprint density at radius 1 is 1.14 bits per heavy atom. The van der Waals surface area contributed by atoms with Gasteiger partial charge in [-0.3, -0.25) is 0 Å². The van der Waals surface area contributed by atoms with Gasteiger partial charge in [0.2, 0.25) is 10.0 Å². The molecule has 1 N–H and O–H groups in total. The van der Waals surface area contributed by atoms with Crippen LogP contribution in [0.5, 0.6) is 0 Å². The van der Waals surface area contributed by atoms with Gasteiger partial charge in [0.25, 0.3) is 0 Å². The quantitative estimate of drug-likeness (QED) is 0.931. The molecule has 1 fully saturated rings. The summed E-state index contributed by atoms with van der Waals surface area (Å²) >= 11 is 0. The zero-order chi connectivity index (χ0) is 15.3. The molecule has 1 aromatic rings. The van der Waals surface area contributed by atoms with Crippen molar-refractivity contribution in [1.29, 1.82) is 5.26 Å². The summed E-state index contributed by atoms with van der Waals surface area (Å²) < 4.78 is 28.0. The number of nitrogens with one attached hydrogen (secondary N) is 1. The highest BCUT2D eigenvalue weighted by Gasteiger charge is 2.22. The van der Waals surface area contributed by atoms with E-state index in [0.29, 0.717) is 11.1 Å². The van der Waals surface area contributed by atoms with Crippen LogP contribution in [0.3, 0.4) is 0 Å². The van der Waals surface area contributed by atoms with Crippen LogP contribution < -0.4 is 4.72 Å². The van der Waals surface area contributed by atoms with Gasteiger partial charge in [-0.2, -0.15) is 5.26 Å². The number of nitriles is 1. The monoisotopic (exact) mass is 306 g/mol. The van der Waals surface area contributed by atoms with Crippen molar-refractivity contribution < 1.29 is 8.42 Å². The van der Waals surface area contributed by atoms with Crippen molar-refractivity contribution in [2.24, 2.45) is 0 Å². The summed E-state index contributed by atoms with van der Waals surface area (Å²) in [5.74, 6) is 0. The van der Waals surface area contributed by atoms with Crippen LogP contribution in [0.1, 0.15) is 56.1 Å². The van der Waals surface area contributed by atoms with Gasteiger partial charge < -0.3 is 0 Å². The molecule has 1 saturated carbocycles. The van der Waals surface area contributed by atoms with Crippen molar-refractivity contribution in [3.63, 3.8) is 0 Å². The Kier molecular flexibility index (Phi) is 5.38. The van der Waals surface area contributed by atoms with E-state index in [4.69, 9.17) is 5.26 Å². The van der Waals surface area contributed by atoms with Crippen LogP contribution in [-0.4, -0.2) is 14.5 Å². The highest BCUT2D eigenvalue weighted by molar-refractivity contribution is 7.89. The lowest BCUT2D eigenvalue weighted by Gasteiger charge is -2.21. The average Bonchev–Trinajstić information content (AvgIpc) is 2.42. The minimum Gasteiger partial charge on any atom is -0.208 e. The second-order valence-electron chi connectivity index (χ2n) is 5.76. The van der Waals surface area contributed by atoms with Crippen LogP contribution in [0.25, 0.3) is 0 Å². The number of rotatable bonds is 3. The maximum atomic E-state index is 12.6. The first-order valence-corrected chi connectivity index (χ1v) is 9.04. The summed E-state index contributed by atoms with van der Waals surface area (Å²) in [6.45, 7) is 1.76. The topological polar surface area (TPSA) is 70.0 Å². The van der Waals surface area contributed by atoms with Gasteiger partial charge in [-0.25, -0.2) is 13.1 Å². The normalized spacial score (nSPS) is 17.7. The van der Waals surface area contributed by atoms with Gasteiger partial charge >= 0.3 is 0 Å². The Labute approximate surface area is 127 Å². The minimum atomic E-state index is -3.55. The molecule has 2 rings (SSSR count). The standard InChI is InChI=1S/C16H22N2O2S/c1-13-9-10-14(12-17)11-16(13)21(19,20)18-15-7-5-3-2-4-6-8-15/h9-11,15,18H,2-8H2,1H3. The van der Waals surface area contributed by atoms with E-state index in [-0.39, 0.29) is 10.9 Å². The molecular formula is C16H22N2O2S. The largest absolute Gasteiger partial charge is 0.241 e. The van der Waals surface area contributed by atoms with E-state index in [0.717, 1.165) is 25.7 Å². The highest BCUT2D eigenvalue weighted by atomic mass is 32.2. The summed E-state index contributed by atoms with van der Waals surface area (Å²) in [6, 6.07) is 6.80. The second-order valence-corrected chi connectivity index (χ2v) is 7.44. The SMILES string of the molecule is Cc1ccc(C#N)cc1S(=O)(=O)NC1CCCCCCC1. The fourth-order valence-corrected chi connectivity index (χ4v) is 4.39. The van der Waals surface area contributed by atoms with Crippen molar-refractivity contribution >= 4 is 10.0 Å². The summed E-state index contributed by atoms with van der Waals surface area (Å²) in [5.41, 5.74) is 1.05. The molecule has 0 bridgehead atoms. The van der Waals surface area contributed by atoms with Crippen molar-refractivity contribution in [1.82, 2.24) is 4.72 Å². The van der Waals surface area contributed by atoms with E-state index in [1.54, 1.807) is 19.1 Å². The van der Waals surface area contributed by atoms with E-state index < -0.39 is 10.0 Å². The Hall–Kier alpha value is -1.38. The lowest BCUT2D eigenvalue weighted by atomic mass is 9.97. The zero-order valence-electron chi connectivity index (χ0n) is 12.4. The van der Waals surface area contributed by atoms with Crippen molar-refractivity contribution in [2.45, 2.75) is 62.8 Å². The molecule has 0 saturated heterocycles. The maximum absolute atomic E-state index is 12.6. The van der Waals surface area contributed by atoms with Crippen LogP contribution in [0.4, 0.5) is 0 Å². The molecule has 0 aromatic heterocycles. The Balaban J connectivity index is 2.19. The fraction of sp³-hybridized carbons (Fsp3) is 0.562. The second kappa shape index (κ2) is 7.06. The lowest BCUT2D eigenvalue weighted by Crippen LogP contribution is -2.35. The molecule has 0 heterocycles. The Bertz CT molecular complexity index is 624. The molecule has 0 atom stereocenters. The molecule has 5 heteroatoms. The van der Waals surface area contributed by atoms with Crippen LogP contribution >= 0.6 is 0 Å². The van der Waals surface area contributed by atoms with E-state index >= 15 is 0 Å². The third-order valence-electron chi connectivity index (χ3n) is 4.03. The third kappa shape index (κ3) is 4.29. The first kappa shape index (κ1) is 16.0. The molecule has 21 heavy (non-hydrogen) atoms. The number of nitrogens with zero attached hydrogens (tertiary/aromatic N) is 1.